The summed E-state index contributed by atoms with van der Waals surface area (Å²) in [6.45, 7) is 1.33. The first-order chi connectivity index (χ1) is 9.16. The van der Waals surface area contributed by atoms with Gasteiger partial charge in [0.05, 0.1) is 30.3 Å². The standard InChI is InChI=1S/C14H19N3O2/c1-16(2)12-8-18-9-13(12)19-14-15-10-6-4-5-7-11(10)17(14)3/h4-7,12-13H,8-9H2,1-3H3. The predicted octanol–water partition coefficient (Wildman–Crippen LogP) is 1.28. The van der Waals surface area contributed by atoms with Crippen LogP contribution in [-0.4, -0.2) is 53.9 Å². The van der Waals surface area contributed by atoms with E-state index in [0.717, 1.165) is 11.0 Å². The molecule has 5 heteroatoms. The molecule has 102 valence electrons. The molecule has 1 aliphatic heterocycles. The van der Waals surface area contributed by atoms with Gasteiger partial charge in [0.2, 0.25) is 0 Å². The Morgan fingerprint density at radius 1 is 1.32 bits per heavy atom. The molecule has 0 N–H and O–H groups in total. The number of likely N-dealkylation sites (N-methyl/N-ethyl adjacent to an activating group) is 1. The number of fused-ring (bicyclic) bond motifs is 1. The quantitative estimate of drug-likeness (QED) is 0.834. The molecule has 1 aromatic carbocycles. The topological polar surface area (TPSA) is 39.5 Å². The summed E-state index contributed by atoms with van der Waals surface area (Å²) in [5.41, 5.74) is 2.04. The molecule has 1 aliphatic rings. The second-order valence-corrected chi connectivity index (χ2v) is 5.17. The van der Waals surface area contributed by atoms with Gasteiger partial charge in [0, 0.05) is 7.05 Å². The average Bonchev–Trinajstić information content (AvgIpc) is 2.97. The Labute approximate surface area is 112 Å². The third-order valence-corrected chi connectivity index (χ3v) is 3.67. The van der Waals surface area contributed by atoms with Crippen LogP contribution in [0.3, 0.4) is 0 Å². The van der Waals surface area contributed by atoms with E-state index in [1.54, 1.807) is 0 Å². The minimum atomic E-state index is 0.0329. The van der Waals surface area contributed by atoms with Crippen molar-refractivity contribution in [3.8, 4) is 6.01 Å². The first-order valence-electron chi connectivity index (χ1n) is 6.49. The molecule has 1 saturated heterocycles. The molecule has 5 nitrogen and oxygen atoms in total. The lowest BCUT2D eigenvalue weighted by Crippen LogP contribution is -2.41. The maximum atomic E-state index is 6.05. The van der Waals surface area contributed by atoms with Crippen molar-refractivity contribution >= 4 is 11.0 Å². The first kappa shape index (κ1) is 12.4. The van der Waals surface area contributed by atoms with Gasteiger partial charge in [0.1, 0.15) is 6.10 Å². The van der Waals surface area contributed by atoms with Gasteiger partial charge in [-0.05, 0) is 26.2 Å². The monoisotopic (exact) mass is 261 g/mol. The van der Waals surface area contributed by atoms with E-state index in [2.05, 4.69) is 9.88 Å². The van der Waals surface area contributed by atoms with E-state index in [9.17, 15) is 0 Å². The van der Waals surface area contributed by atoms with E-state index in [-0.39, 0.29) is 12.1 Å². The van der Waals surface area contributed by atoms with E-state index in [0.29, 0.717) is 19.2 Å². The van der Waals surface area contributed by atoms with E-state index in [1.807, 2.05) is 50.0 Å². The van der Waals surface area contributed by atoms with Crippen molar-refractivity contribution in [1.29, 1.82) is 0 Å². The van der Waals surface area contributed by atoms with Gasteiger partial charge in [-0.3, -0.25) is 4.57 Å². The fraction of sp³-hybridized carbons (Fsp3) is 0.500. The lowest BCUT2D eigenvalue weighted by Gasteiger charge is -2.24. The van der Waals surface area contributed by atoms with Gasteiger partial charge in [-0.2, -0.15) is 4.98 Å². The molecule has 3 rings (SSSR count). The first-order valence-corrected chi connectivity index (χ1v) is 6.49. The van der Waals surface area contributed by atoms with Crippen molar-refractivity contribution in [2.45, 2.75) is 12.1 Å². The number of benzene rings is 1. The SMILES string of the molecule is CN(C)C1COCC1Oc1nc2ccccc2n1C. The maximum Gasteiger partial charge on any atom is 0.297 e. The molecule has 0 bridgehead atoms. The molecule has 0 amide bonds. The van der Waals surface area contributed by atoms with Crippen LogP contribution in [0.15, 0.2) is 24.3 Å². The Balaban J connectivity index is 1.87. The second kappa shape index (κ2) is 4.83. The smallest absolute Gasteiger partial charge is 0.297 e. The number of hydrogen-bond donors (Lipinski definition) is 0. The van der Waals surface area contributed by atoms with Gasteiger partial charge in [-0.25, -0.2) is 0 Å². The minimum absolute atomic E-state index is 0.0329. The van der Waals surface area contributed by atoms with Crippen LogP contribution in [-0.2, 0) is 11.8 Å². The number of aryl methyl sites for hydroxylation is 1. The molecule has 2 heterocycles. The molecular weight excluding hydrogens is 242 g/mol. The lowest BCUT2D eigenvalue weighted by molar-refractivity contribution is 0.114. The van der Waals surface area contributed by atoms with E-state index >= 15 is 0 Å². The Bertz CT molecular complexity index is 579. The molecule has 2 atom stereocenters. The molecule has 1 aromatic heterocycles. The summed E-state index contributed by atoms with van der Waals surface area (Å²) in [5.74, 6) is 0. The second-order valence-electron chi connectivity index (χ2n) is 5.17. The van der Waals surface area contributed by atoms with Crippen LogP contribution >= 0.6 is 0 Å². The number of nitrogens with zero attached hydrogens (tertiary/aromatic N) is 3. The molecule has 2 aromatic rings. The summed E-state index contributed by atoms with van der Waals surface area (Å²) in [5, 5.41) is 0. The van der Waals surface area contributed by atoms with Crippen molar-refractivity contribution in [2.75, 3.05) is 27.3 Å². The number of rotatable bonds is 3. The predicted molar refractivity (Wildman–Crippen MR) is 73.4 cm³/mol. The van der Waals surface area contributed by atoms with Crippen LogP contribution in [0.5, 0.6) is 6.01 Å². The number of imidazole rings is 1. The highest BCUT2D eigenvalue weighted by Gasteiger charge is 2.32. The summed E-state index contributed by atoms with van der Waals surface area (Å²) < 4.78 is 13.6. The number of aromatic nitrogens is 2. The fourth-order valence-electron chi connectivity index (χ4n) is 2.48. The number of para-hydroxylation sites is 2. The molecular formula is C14H19N3O2. The van der Waals surface area contributed by atoms with Crippen LogP contribution in [0.25, 0.3) is 11.0 Å². The number of hydrogen-bond acceptors (Lipinski definition) is 4. The Hall–Kier alpha value is -1.59. The third kappa shape index (κ3) is 2.19. The highest BCUT2D eigenvalue weighted by Crippen LogP contribution is 2.23. The Morgan fingerprint density at radius 3 is 2.84 bits per heavy atom. The Kier molecular flexibility index (Phi) is 3.16. The molecule has 0 saturated carbocycles. The van der Waals surface area contributed by atoms with Crippen molar-refractivity contribution in [2.24, 2.45) is 7.05 Å². The molecule has 1 fully saturated rings. The summed E-state index contributed by atoms with van der Waals surface area (Å²) in [6, 6.07) is 8.97. The highest BCUT2D eigenvalue weighted by atomic mass is 16.6. The molecule has 0 spiro atoms. The fourth-order valence-corrected chi connectivity index (χ4v) is 2.48. The summed E-state index contributed by atoms with van der Waals surface area (Å²) in [7, 11) is 6.07. The van der Waals surface area contributed by atoms with Crippen LogP contribution in [0, 0.1) is 0 Å². The average molecular weight is 261 g/mol. The van der Waals surface area contributed by atoms with Crippen LogP contribution < -0.4 is 4.74 Å². The van der Waals surface area contributed by atoms with Crippen molar-refractivity contribution in [3.05, 3.63) is 24.3 Å². The lowest BCUT2D eigenvalue weighted by atomic mass is 10.2. The molecule has 0 aliphatic carbocycles. The van der Waals surface area contributed by atoms with Gasteiger partial charge in [-0.15, -0.1) is 0 Å². The zero-order valence-electron chi connectivity index (χ0n) is 11.5. The number of ether oxygens (including phenoxy) is 2. The zero-order chi connectivity index (χ0) is 13.4. The normalized spacial score (nSPS) is 23.4. The zero-order valence-corrected chi connectivity index (χ0v) is 11.5. The third-order valence-electron chi connectivity index (χ3n) is 3.67. The van der Waals surface area contributed by atoms with Gasteiger partial charge in [-0.1, -0.05) is 12.1 Å². The van der Waals surface area contributed by atoms with Crippen LogP contribution in [0.1, 0.15) is 0 Å². The van der Waals surface area contributed by atoms with Crippen molar-refractivity contribution < 1.29 is 9.47 Å². The molecule has 19 heavy (non-hydrogen) atoms. The summed E-state index contributed by atoms with van der Waals surface area (Å²) in [6.07, 6.45) is 0.0329. The largest absolute Gasteiger partial charge is 0.457 e. The van der Waals surface area contributed by atoms with Crippen LogP contribution in [0.2, 0.25) is 0 Å². The van der Waals surface area contributed by atoms with E-state index in [1.165, 1.54) is 0 Å². The molecule has 2 unspecified atom stereocenters. The van der Waals surface area contributed by atoms with E-state index < -0.39 is 0 Å². The van der Waals surface area contributed by atoms with E-state index in [4.69, 9.17) is 9.47 Å². The summed E-state index contributed by atoms with van der Waals surface area (Å²) in [4.78, 5) is 6.68. The van der Waals surface area contributed by atoms with Gasteiger partial charge < -0.3 is 14.4 Å². The van der Waals surface area contributed by atoms with Crippen molar-refractivity contribution in [1.82, 2.24) is 14.5 Å². The summed E-state index contributed by atoms with van der Waals surface area (Å²) >= 11 is 0. The van der Waals surface area contributed by atoms with Gasteiger partial charge in [0.25, 0.3) is 6.01 Å². The highest BCUT2D eigenvalue weighted by molar-refractivity contribution is 5.76. The van der Waals surface area contributed by atoms with Crippen LogP contribution in [0.4, 0.5) is 0 Å². The maximum absolute atomic E-state index is 6.05. The van der Waals surface area contributed by atoms with Gasteiger partial charge in [0.15, 0.2) is 0 Å². The van der Waals surface area contributed by atoms with Crippen molar-refractivity contribution in [3.63, 3.8) is 0 Å². The van der Waals surface area contributed by atoms with Gasteiger partial charge >= 0.3 is 0 Å². The Morgan fingerprint density at radius 2 is 2.11 bits per heavy atom. The minimum Gasteiger partial charge on any atom is -0.457 e. The molecule has 0 radical (unpaired) electrons.